The van der Waals surface area contributed by atoms with Crippen LogP contribution in [0.25, 0.3) is 32.7 Å². The number of hydrogen-bond acceptors (Lipinski definition) is 10. The van der Waals surface area contributed by atoms with Crippen LogP contribution in [0, 0.1) is 6.92 Å². The number of ketones is 1. The van der Waals surface area contributed by atoms with E-state index < -0.39 is 5.91 Å². The van der Waals surface area contributed by atoms with E-state index in [1.807, 2.05) is 79.7 Å². The molecule has 0 fully saturated rings. The first-order chi connectivity index (χ1) is 29.2. The Bertz CT molecular complexity index is 3110. The maximum absolute atomic E-state index is 13.9. The average molecular weight is 809 g/mol. The molecule has 0 radical (unpaired) electrons. The number of carbonyl (C=O) groups is 2. The Hall–Kier alpha value is -7.73. The summed E-state index contributed by atoms with van der Waals surface area (Å²) in [5.41, 5.74) is 9.17. The monoisotopic (exact) mass is 808 g/mol. The molecule has 0 aliphatic heterocycles. The molecule has 0 atom stereocenters. The van der Waals surface area contributed by atoms with Crippen LogP contribution in [0.2, 0.25) is 5.02 Å². The number of halogens is 1. The first-order valence-electron chi connectivity index (χ1n) is 18.9. The van der Waals surface area contributed by atoms with Crippen LogP contribution in [0.5, 0.6) is 11.5 Å². The van der Waals surface area contributed by atoms with Crippen LogP contribution in [0.1, 0.15) is 37.4 Å². The van der Waals surface area contributed by atoms with E-state index in [0.717, 1.165) is 27.8 Å². The van der Waals surface area contributed by atoms with Crippen LogP contribution < -0.4 is 10.8 Å². The number of fused-ring (bicyclic) bond motifs is 5. The lowest BCUT2D eigenvalue weighted by Gasteiger charge is -2.13. The molecule has 8 aromatic rings. The SMILES string of the molecule is Cc1ccccc1NOCc1cc2ccccc2c(N=Nc2ccc3c(c2)C(=O)c2cc(N=Nc4c(O)c(C(=O)Nc5ccccc5Cl)cc5ccccc45)ccc2-3)c1O. The van der Waals surface area contributed by atoms with Crippen molar-refractivity contribution in [3.8, 4) is 22.6 Å². The van der Waals surface area contributed by atoms with Gasteiger partial charge in [0.2, 0.25) is 0 Å². The van der Waals surface area contributed by atoms with E-state index >= 15 is 0 Å². The number of carbonyl (C=O) groups excluding carboxylic acids is 2. The molecule has 1 aliphatic rings. The lowest BCUT2D eigenvalue weighted by atomic mass is 10.0. The number of aryl methyl sites for hydroxylation is 1. The van der Waals surface area contributed by atoms with Crippen LogP contribution in [0.4, 0.5) is 34.1 Å². The Morgan fingerprint density at radius 3 is 1.80 bits per heavy atom. The number of phenolic OH excluding ortho intramolecular Hbond substituents is 2. The molecule has 11 nitrogen and oxygen atoms in total. The molecule has 0 aromatic heterocycles. The minimum Gasteiger partial charge on any atom is -0.505 e. The third-order valence-electron chi connectivity index (χ3n) is 10.3. The van der Waals surface area contributed by atoms with Crippen molar-refractivity contribution in [3.63, 3.8) is 0 Å². The predicted octanol–water partition coefficient (Wildman–Crippen LogP) is 13.2. The van der Waals surface area contributed by atoms with Gasteiger partial charge in [-0.3, -0.25) is 19.9 Å². The summed E-state index contributed by atoms with van der Waals surface area (Å²) < 4.78 is 0. The molecule has 8 aromatic carbocycles. The fraction of sp³-hybridized carbons (Fsp3) is 0.0417. The summed E-state index contributed by atoms with van der Waals surface area (Å²) in [5, 5.41) is 46.4. The van der Waals surface area contributed by atoms with Gasteiger partial charge in [-0.1, -0.05) is 103 Å². The van der Waals surface area contributed by atoms with Crippen LogP contribution in [-0.4, -0.2) is 21.9 Å². The van der Waals surface area contributed by atoms with Crippen LogP contribution in [-0.2, 0) is 11.4 Å². The molecule has 0 bridgehead atoms. The molecule has 4 N–H and O–H groups in total. The first kappa shape index (κ1) is 37.8. The molecular formula is C48H33ClN6O5. The molecule has 9 rings (SSSR count). The fourth-order valence-corrected chi connectivity index (χ4v) is 7.39. The number of rotatable bonds is 10. The van der Waals surface area contributed by atoms with Gasteiger partial charge in [-0.25, -0.2) is 0 Å². The summed E-state index contributed by atoms with van der Waals surface area (Å²) in [7, 11) is 0. The number of nitrogens with zero attached hydrogens (tertiary/aromatic N) is 4. The minimum absolute atomic E-state index is 0.00794. The van der Waals surface area contributed by atoms with Gasteiger partial charge >= 0.3 is 0 Å². The van der Waals surface area contributed by atoms with Crippen molar-refractivity contribution in [3.05, 3.63) is 178 Å². The van der Waals surface area contributed by atoms with Crippen molar-refractivity contribution >= 4 is 79.0 Å². The van der Waals surface area contributed by atoms with Gasteiger partial charge in [-0.2, -0.15) is 10.2 Å². The maximum atomic E-state index is 13.9. The number of aromatic hydroxyl groups is 2. The third kappa shape index (κ3) is 7.19. The molecule has 0 spiro atoms. The van der Waals surface area contributed by atoms with Gasteiger partial charge in [0, 0.05) is 27.5 Å². The van der Waals surface area contributed by atoms with Crippen molar-refractivity contribution in [2.75, 3.05) is 10.8 Å². The second kappa shape index (κ2) is 15.9. The molecule has 0 unspecified atom stereocenters. The Labute approximate surface area is 348 Å². The first-order valence-corrected chi connectivity index (χ1v) is 19.3. The number of benzene rings is 8. The van der Waals surface area contributed by atoms with Crippen molar-refractivity contribution in [1.29, 1.82) is 0 Å². The van der Waals surface area contributed by atoms with Gasteiger partial charge in [0.1, 0.15) is 23.7 Å². The second-order valence-electron chi connectivity index (χ2n) is 14.1. The molecule has 60 heavy (non-hydrogen) atoms. The standard InChI is InChI=1S/C48H33ClN6O5/c1-27-10-2-8-16-41(27)55-60-26-30-22-28-11-3-5-13-33(28)43(45(30)56)53-51-31-18-20-35-36-21-19-32(25-38(36)46(57)37(35)24-31)52-54-44-34-14-6-4-12-29(34)23-39(47(44)58)48(59)50-42-17-9-7-15-40(42)49/h2-25,55-56,58H,26H2,1H3,(H,50,59). The van der Waals surface area contributed by atoms with Crippen molar-refractivity contribution in [1.82, 2.24) is 0 Å². The number of nitrogens with one attached hydrogen (secondary N) is 2. The van der Waals surface area contributed by atoms with Gasteiger partial charge in [-0.15, -0.1) is 10.2 Å². The molecule has 12 heteroatoms. The summed E-state index contributed by atoms with van der Waals surface area (Å²) in [6, 6.07) is 43.1. The fourth-order valence-electron chi connectivity index (χ4n) is 7.20. The Kier molecular flexibility index (Phi) is 10.0. The largest absolute Gasteiger partial charge is 0.505 e. The summed E-state index contributed by atoms with van der Waals surface area (Å²) in [6.45, 7) is 2.03. The Morgan fingerprint density at radius 1 is 0.617 bits per heavy atom. The van der Waals surface area contributed by atoms with Crippen LogP contribution >= 0.6 is 11.6 Å². The Balaban J connectivity index is 0.971. The van der Waals surface area contributed by atoms with E-state index in [2.05, 4.69) is 31.3 Å². The number of para-hydroxylation sites is 2. The van der Waals surface area contributed by atoms with Crippen molar-refractivity contribution in [2.24, 2.45) is 20.5 Å². The molecular weight excluding hydrogens is 776 g/mol. The summed E-state index contributed by atoms with van der Waals surface area (Å²) >= 11 is 6.26. The number of hydrogen-bond donors (Lipinski definition) is 4. The predicted molar refractivity (Wildman–Crippen MR) is 234 cm³/mol. The second-order valence-corrected chi connectivity index (χ2v) is 14.5. The molecule has 0 saturated carbocycles. The topological polar surface area (TPSA) is 157 Å². The number of anilines is 2. The van der Waals surface area contributed by atoms with Crippen LogP contribution in [0.3, 0.4) is 0 Å². The lowest BCUT2D eigenvalue weighted by Crippen LogP contribution is -2.12. The molecule has 292 valence electrons. The van der Waals surface area contributed by atoms with E-state index in [-0.39, 0.29) is 40.8 Å². The third-order valence-corrected chi connectivity index (χ3v) is 10.6. The highest BCUT2D eigenvalue weighted by molar-refractivity contribution is 6.34. The highest BCUT2D eigenvalue weighted by atomic mass is 35.5. The van der Waals surface area contributed by atoms with Gasteiger partial charge in [0.15, 0.2) is 11.5 Å². The zero-order valence-electron chi connectivity index (χ0n) is 31.8. The lowest BCUT2D eigenvalue weighted by molar-refractivity contribution is 0.102. The van der Waals surface area contributed by atoms with Gasteiger partial charge in [0.05, 0.1) is 33.3 Å². The smallest absolute Gasteiger partial charge is 0.259 e. The van der Waals surface area contributed by atoms with E-state index in [1.54, 1.807) is 72.8 Å². The quantitative estimate of drug-likeness (QED) is 0.0795. The van der Waals surface area contributed by atoms with Crippen molar-refractivity contribution in [2.45, 2.75) is 13.5 Å². The molecule has 0 heterocycles. The zero-order valence-corrected chi connectivity index (χ0v) is 32.6. The van der Waals surface area contributed by atoms with E-state index in [9.17, 15) is 19.8 Å². The van der Waals surface area contributed by atoms with Crippen LogP contribution in [0.15, 0.2) is 166 Å². The van der Waals surface area contributed by atoms with E-state index in [1.165, 1.54) is 0 Å². The van der Waals surface area contributed by atoms with E-state index in [0.29, 0.717) is 54.9 Å². The zero-order chi connectivity index (χ0) is 41.3. The molecule has 1 aliphatic carbocycles. The number of phenols is 2. The Morgan fingerprint density at radius 2 is 1.17 bits per heavy atom. The van der Waals surface area contributed by atoms with Gasteiger partial charge in [0.25, 0.3) is 5.91 Å². The van der Waals surface area contributed by atoms with Crippen molar-refractivity contribution < 1.29 is 24.6 Å². The highest BCUT2D eigenvalue weighted by Crippen LogP contribution is 2.44. The van der Waals surface area contributed by atoms with E-state index in [4.69, 9.17) is 16.4 Å². The molecule has 1 amide bonds. The number of amides is 1. The number of azo groups is 2. The van der Waals surface area contributed by atoms with Gasteiger partial charge in [-0.05, 0) is 89.0 Å². The summed E-state index contributed by atoms with van der Waals surface area (Å²) in [4.78, 5) is 33.0. The molecule has 0 saturated heterocycles. The minimum atomic E-state index is -0.571. The average Bonchev–Trinajstić information content (AvgIpc) is 3.54. The summed E-state index contributed by atoms with van der Waals surface area (Å²) in [5.74, 6) is -1.22. The normalized spacial score (nSPS) is 12.1. The summed E-state index contributed by atoms with van der Waals surface area (Å²) in [6.07, 6.45) is 0. The maximum Gasteiger partial charge on any atom is 0.259 e. The highest BCUT2D eigenvalue weighted by Gasteiger charge is 2.28. The van der Waals surface area contributed by atoms with Gasteiger partial charge < -0.3 is 15.5 Å².